The molecule has 0 bridgehead atoms. The smallest absolute Gasteiger partial charge is 0.180 e. The van der Waals surface area contributed by atoms with Crippen LogP contribution in [-0.4, -0.2) is 20.4 Å². The van der Waals surface area contributed by atoms with Crippen molar-refractivity contribution in [2.45, 2.75) is 26.2 Å². The monoisotopic (exact) mass is 247 g/mol. The second kappa shape index (κ2) is 5.63. The number of nitrogens with zero attached hydrogens (tertiary/aromatic N) is 3. The molecule has 0 aromatic carbocycles. The van der Waals surface area contributed by atoms with E-state index in [-0.39, 0.29) is 5.78 Å². The molecule has 17 heavy (non-hydrogen) atoms. The Morgan fingerprint density at radius 2 is 2.12 bits per heavy atom. The molecule has 0 atom stereocenters. The summed E-state index contributed by atoms with van der Waals surface area (Å²) in [6.45, 7) is 2.07. The summed E-state index contributed by atoms with van der Waals surface area (Å²) in [6.07, 6.45) is 5.57. The van der Waals surface area contributed by atoms with Gasteiger partial charge in [0.2, 0.25) is 0 Å². The molecule has 0 amide bonds. The first-order valence-corrected chi connectivity index (χ1v) is 6.32. The van der Waals surface area contributed by atoms with Gasteiger partial charge < -0.3 is 0 Å². The van der Waals surface area contributed by atoms with Gasteiger partial charge in [0.1, 0.15) is 4.88 Å². The summed E-state index contributed by atoms with van der Waals surface area (Å²) < 4.78 is 3.86. The van der Waals surface area contributed by atoms with Gasteiger partial charge in [-0.15, -0.1) is 5.10 Å². The van der Waals surface area contributed by atoms with Gasteiger partial charge in [-0.1, -0.05) is 17.8 Å². The second-order valence-corrected chi connectivity index (χ2v) is 4.51. The summed E-state index contributed by atoms with van der Waals surface area (Å²) in [4.78, 5) is 16.7. The average Bonchev–Trinajstić information content (AvgIpc) is 2.79. The van der Waals surface area contributed by atoms with Crippen molar-refractivity contribution in [1.82, 2.24) is 14.6 Å². The number of hydrogen-bond donors (Lipinski definition) is 0. The fourth-order valence-electron chi connectivity index (χ4n) is 1.59. The third-order valence-corrected chi connectivity index (χ3v) is 3.22. The molecule has 0 spiro atoms. The number of carbonyl (C=O) groups is 1. The molecular weight excluding hydrogens is 234 g/mol. The van der Waals surface area contributed by atoms with E-state index in [0.29, 0.717) is 11.3 Å². The molecular formula is C12H13N3OS. The van der Waals surface area contributed by atoms with Crippen LogP contribution in [0.15, 0.2) is 24.5 Å². The lowest BCUT2D eigenvalue weighted by molar-refractivity contribution is 0.0995. The summed E-state index contributed by atoms with van der Waals surface area (Å²) in [7, 11) is 0. The van der Waals surface area contributed by atoms with Gasteiger partial charge in [0.15, 0.2) is 5.78 Å². The van der Waals surface area contributed by atoms with Crippen molar-refractivity contribution in [3.05, 3.63) is 40.7 Å². The molecule has 5 heteroatoms. The number of carbonyl (C=O) groups excluding carboxylic acids is 1. The lowest BCUT2D eigenvalue weighted by Gasteiger charge is -1.99. The highest BCUT2D eigenvalue weighted by Gasteiger charge is 2.15. The lowest BCUT2D eigenvalue weighted by atomic mass is 10.1. The quantitative estimate of drug-likeness (QED) is 0.761. The highest BCUT2D eigenvalue weighted by molar-refractivity contribution is 7.08. The number of rotatable bonds is 5. The zero-order chi connectivity index (χ0) is 12.1. The molecule has 2 aromatic rings. The predicted molar refractivity (Wildman–Crippen MR) is 66.2 cm³/mol. The van der Waals surface area contributed by atoms with E-state index >= 15 is 0 Å². The zero-order valence-corrected chi connectivity index (χ0v) is 10.4. The summed E-state index contributed by atoms with van der Waals surface area (Å²) in [5.41, 5.74) is 1.80. The number of aromatic nitrogens is 3. The molecule has 0 aliphatic carbocycles. The van der Waals surface area contributed by atoms with Crippen LogP contribution in [0.4, 0.5) is 0 Å². The van der Waals surface area contributed by atoms with Crippen molar-refractivity contribution in [2.24, 2.45) is 0 Å². The Morgan fingerprint density at radius 3 is 2.82 bits per heavy atom. The van der Waals surface area contributed by atoms with Gasteiger partial charge in [-0.25, -0.2) is 0 Å². The largest absolute Gasteiger partial charge is 0.293 e. The summed E-state index contributed by atoms with van der Waals surface area (Å²) in [6, 6.07) is 3.71. The number of Topliss-reactive ketones (excluding diaryl/α,β-unsaturated/α-hetero) is 1. The van der Waals surface area contributed by atoms with E-state index < -0.39 is 0 Å². The fraction of sp³-hybridized carbons (Fsp3) is 0.333. The Bertz CT molecular complexity index is 495. The molecule has 2 heterocycles. The standard InChI is InChI=1S/C12H13N3OS/c1-2-3-10-12(17-15-14-10)11(16)8-9-4-6-13-7-5-9/h4-7H,2-3,8H2,1H3. The van der Waals surface area contributed by atoms with Gasteiger partial charge in [0.25, 0.3) is 0 Å². The second-order valence-electron chi connectivity index (χ2n) is 3.75. The highest BCUT2D eigenvalue weighted by Crippen LogP contribution is 2.15. The molecule has 88 valence electrons. The maximum atomic E-state index is 12.1. The number of aryl methyl sites for hydroxylation is 1. The third-order valence-electron chi connectivity index (χ3n) is 2.41. The van der Waals surface area contributed by atoms with Crippen molar-refractivity contribution in [3.8, 4) is 0 Å². The highest BCUT2D eigenvalue weighted by atomic mass is 32.1. The fourth-order valence-corrected chi connectivity index (χ4v) is 2.23. The topological polar surface area (TPSA) is 55.7 Å². The molecule has 0 aliphatic rings. The molecule has 0 N–H and O–H groups in total. The number of hydrogen-bond acceptors (Lipinski definition) is 5. The van der Waals surface area contributed by atoms with E-state index in [2.05, 4.69) is 21.5 Å². The molecule has 0 aliphatic heterocycles. The van der Waals surface area contributed by atoms with Crippen LogP contribution in [0.5, 0.6) is 0 Å². The third kappa shape index (κ3) is 2.94. The molecule has 0 unspecified atom stereocenters. The van der Waals surface area contributed by atoms with E-state index in [0.717, 1.165) is 24.1 Å². The first kappa shape index (κ1) is 11.9. The normalized spacial score (nSPS) is 10.4. The van der Waals surface area contributed by atoms with Crippen LogP contribution in [0.1, 0.15) is 34.3 Å². The minimum absolute atomic E-state index is 0.0923. The van der Waals surface area contributed by atoms with Crippen molar-refractivity contribution in [1.29, 1.82) is 0 Å². The maximum Gasteiger partial charge on any atom is 0.180 e. The van der Waals surface area contributed by atoms with Crippen LogP contribution in [0.25, 0.3) is 0 Å². The number of pyridine rings is 1. The molecule has 0 saturated carbocycles. The molecule has 0 radical (unpaired) electrons. The predicted octanol–water partition coefficient (Wildman–Crippen LogP) is 2.31. The average molecular weight is 247 g/mol. The van der Waals surface area contributed by atoms with Crippen LogP contribution >= 0.6 is 11.5 Å². The van der Waals surface area contributed by atoms with Crippen molar-refractivity contribution < 1.29 is 4.79 Å². The van der Waals surface area contributed by atoms with Crippen LogP contribution in [0, 0.1) is 0 Å². The van der Waals surface area contributed by atoms with E-state index in [1.54, 1.807) is 12.4 Å². The van der Waals surface area contributed by atoms with Gasteiger partial charge in [-0.2, -0.15) is 0 Å². The Kier molecular flexibility index (Phi) is 3.93. The van der Waals surface area contributed by atoms with Crippen LogP contribution in [0.2, 0.25) is 0 Å². The van der Waals surface area contributed by atoms with Gasteiger partial charge >= 0.3 is 0 Å². The molecule has 0 saturated heterocycles. The van der Waals surface area contributed by atoms with Crippen molar-refractivity contribution in [2.75, 3.05) is 0 Å². The zero-order valence-electron chi connectivity index (χ0n) is 9.59. The van der Waals surface area contributed by atoms with E-state index in [1.165, 1.54) is 11.5 Å². The van der Waals surface area contributed by atoms with Crippen molar-refractivity contribution in [3.63, 3.8) is 0 Å². The maximum absolute atomic E-state index is 12.1. The van der Waals surface area contributed by atoms with Crippen LogP contribution in [0.3, 0.4) is 0 Å². The minimum Gasteiger partial charge on any atom is -0.293 e. The van der Waals surface area contributed by atoms with Gasteiger partial charge in [0.05, 0.1) is 5.69 Å². The van der Waals surface area contributed by atoms with E-state index in [9.17, 15) is 4.79 Å². The number of ketones is 1. The summed E-state index contributed by atoms with van der Waals surface area (Å²) >= 11 is 1.19. The summed E-state index contributed by atoms with van der Waals surface area (Å²) in [5.74, 6) is 0.0923. The summed E-state index contributed by atoms with van der Waals surface area (Å²) in [5, 5.41) is 4.00. The minimum atomic E-state index is 0.0923. The molecule has 2 aromatic heterocycles. The van der Waals surface area contributed by atoms with Gasteiger partial charge in [0, 0.05) is 18.8 Å². The molecule has 2 rings (SSSR count). The Morgan fingerprint density at radius 1 is 1.35 bits per heavy atom. The first-order chi connectivity index (χ1) is 8.31. The first-order valence-electron chi connectivity index (χ1n) is 5.54. The Balaban J connectivity index is 2.12. The van der Waals surface area contributed by atoms with E-state index in [1.807, 2.05) is 12.1 Å². The van der Waals surface area contributed by atoms with Crippen molar-refractivity contribution >= 4 is 17.3 Å². The SMILES string of the molecule is CCCc1nnsc1C(=O)Cc1ccncc1. The van der Waals surface area contributed by atoms with E-state index in [4.69, 9.17) is 0 Å². The lowest BCUT2D eigenvalue weighted by Crippen LogP contribution is -2.04. The Labute approximate surface area is 104 Å². The van der Waals surface area contributed by atoms with Crippen LogP contribution in [-0.2, 0) is 12.8 Å². The van der Waals surface area contributed by atoms with Gasteiger partial charge in [-0.05, 0) is 35.6 Å². The van der Waals surface area contributed by atoms with Gasteiger partial charge in [-0.3, -0.25) is 9.78 Å². The van der Waals surface area contributed by atoms with Crippen LogP contribution < -0.4 is 0 Å². The molecule has 0 fully saturated rings. The Hall–Kier alpha value is -1.62. The molecule has 4 nitrogen and oxygen atoms in total.